The third-order valence-electron chi connectivity index (χ3n) is 4.33. The number of rotatable bonds is 4. The number of aliphatic hydroxyl groups excluding tert-OH is 1. The van der Waals surface area contributed by atoms with Gasteiger partial charge in [-0.25, -0.2) is 8.78 Å². The quantitative estimate of drug-likeness (QED) is 0.825. The zero-order valence-corrected chi connectivity index (χ0v) is 13.2. The minimum atomic E-state index is -0.981. The minimum absolute atomic E-state index is 0.109. The predicted molar refractivity (Wildman–Crippen MR) is 81.7 cm³/mol. The Labute approximate surface area is 141 Å². The number of nitrogens with one attached hydrogen (secondary N) is 1. The first-order chi connectivity index (χ1) is 11.5. The highest BCUT2D eigenvalue weighted by Crippen LogP contribution is 2.42. The van der Waals surface area contributed by atoms with Crippen molar-refractivity contribution in [1.82, 2.24) is 10.5 Å². The average Bonchev–Trinajstić information content (AvgIpc) is 3.19. The van der Waals surface area contributed by atoms with Crippen LogP contribution in [0.3, 0.4) is 0 Å². The molecule has 0 spiro atoms. The molecule has 1 amide bonds. The summed E-state index contributed by atoms with van der Waals surface area (Å²) < 4.78 is 31.4. The van der Waals surface area contributed by atoms with Crippen LogP contribution in [0.5, 0.6) is 0 Å². The highest BCUT2D eigenvalue weighted by molar-refractivity contribution is 6.21. The molecule has 0 radical (unpaired) electrons. The lowest BCUT2D eigenvalue weighted by molar-refractivity contribution is 0.0923. The molecule has 0 saturated heterocycles. The van der Waals surface area contributed by atoms with E-state index in [4.69, 9.17) is 11.6 Å². The first kappa shape index (κ1) is 16.9. The number of alkyl halides is 1. The molecule has 1 aliphatic rings. The lowest BCUT2D eigenvalue weighted by atomic mass is 9.93. The third kappa shape index (κ3) is 3.14. The first-order valence-corrected chi connectivity index (χ1v) is 7.86. The van der Waals surface area contributed by atoms with Gasteiger partial charge in [0.15, 0.2) is 17.3 Å². The molecule has 2 aromatic rings. The molecule has 5 nitrogen and oxygen atoms in total. The summed E-state index contributed by atoms with van der Waals surface area (Å²) in [5.41, 5.74) is 0.577. The maximum Gasteiger partial charge on any atom is 0.273 e. The van der Waals surface area contributed by atoms with E-state index in [0.29, 0.717) is 12.0 Å². The number of hydrogen-bond acceptors (Lipinski definition) is 4. The van der Waals surface area contributed by atoms with Gasteiger partial charge in [0, 0.05) is 35.9 Å². The van der Waals surface area contributed by atoms with Crippen molar-refractivity contribution >= 4 is 17.5 Å². The number of carbonyl (C=O) groups excluding carboxylic acids is 1. The van der Waals surface area contributed by atoms with Crippen molar-refractivity contribution in [2.24, 2.45) is 5.92 Å². The Hall–Kier alpha value is -1.99. The molecule has 1 aromatic carbocycles. The van der Waals surface area contributed by atoms with Crippen molar-refractivity contribution in [1.29, 1.82) is 0 Å². The van der Waals surface area contributed by atoms with Crippen LogP contribution in [0.2, 0.25) is 0 Å². The van der Waals surface area contributed by atoms with Gasteiger partial charge in [-0.15, -0.1) is 11.6 Å². The van der Waals surface area contributed by atoms with Gasteiger partial charge in [0.25, 0.3) is 5.91 Å². The van der Waals surface area contributed by atoms with E-state index in [1.807, 2.05) is 0 Å². The Morgan fingerprint density at radius 2 is 2.17 bits per heavy atom. The number of carbonyl (C=O) groups is 1. The molecular formula is C16H15ClF2N2O3. The second-order valence-corrected chi connectivity index (χ2v) is 6.29. The van der Waals surface area contributed by atoms with E-state index in [1.165, 1.54) is 18.4 Å². The second-order valence-electron chi connectivity index (χ2n) is 5.79. The maximum atomic E-state index is 13.6. The van der Waals surface area contributed by atoms with E-state index in [-0.39, 0.29) is 18.2 Å². The van der Waals surface area contributed by atoms with Crippen LogP contribution in [-0.2, 0) is 0 Å². The summed E-state index contributed by atoms with van der Waals surface area (Å²) in [5.74, 6) is -3.12. The van der Waals surface area contributed by atoms with Crippen LogP contribution >= 0.6 is 11.6 Å². The number of halogens is 3. The molecule has 1 aliphatic carbocycles. The Morgan fingerprint density at radius 1 is 1.38 bits per heavy atom. The van der Waals surface area contributed by atoms with E-state index in [9.17, 15) is 18.7 Å². The number of benzene rings is 1. The highest BCUT2D eigenvalue weighted by Gasteiger charge is 2.43. The molecule has 4 atom stereocenters. The fourth-order valence-corrected chi connectivity index (χ4v) is 3.65. The first-order valence-electron chi connectivity index (χ1n) is 7.42. The molecule has 24 heavy (non-hydrogen) atoms. The molecule has 2 unspecified atom stereocenters. The van der Waals surface area contributed by atoms with Crippen LogP contribution in [0.25, 0.3) is 0 Å². The molecular weight excluding hydrogens is 342 g/mol. The molecule has 0 aliphatic heterocycles. The fraction of sp³-hybridized carbons (Fsp3) is 0.375. The average molecular weight is 357 g/mol. The van der Waals surface area contributed by atoms with Gasteiger partial charge in [-0.1, -0.05) is 11.2 Å². The molecule has 2 N–H and O–H groups in total. The zero-order chi connectivity index (χ0) is 17.3. The maximum absolute atomic E-state index is 13.6. The molecule has 8 heteroatoms. The number of nitrogens with zero attached hydrogens (tertiary/aromatic N) is 1. The number of amides is 1. The normalized spacial score (nSPS) is 26.5. The molecule has 3 rings (SSSR count). The smallest absolute Gasteiger partial charge is 0.273 e. The summed E-state index contributed by atoms with van der Waals surface area (Å²) in [7, 11) is 0. The van der Waals surface area contributed by atoms with E-state index >= 15 is 0 Å². The van der Waals surface area contributed by atoms with Gasteiger partial charge in [-0.3, -0.25) is 4.79 Å². The van der Waals surface area contributed by atoms with Crippen molar-refractivity contribution < 1.29 is 23.2 Å². The zero-order valence-electron chi connectivity index (χ0n) is 12.5. The standard InChI is InChI=1S/C16H15ClF2N2O3/c17-15-9(7-22)6-13(20-16(23)12-3-4-24-21-12)14(15)8-1-2-10(18)11(19)5-8/h1-5,9,13-15,22H,6-7H2,(H,20,23)/t9-,13+,14?,15?/m1/s1. The molecule has 1 aromatic heterocycles. The van der Waals surface area contributed by atoms with Crippen LogP contribution < -0.4 is 5.32 Å². The molecule has 1 saturated carbocycles. The molecule has 1 heterocycles. The number of aromatic nitrogens is 1. The summed E-state index contributed by atoms with van der Waals surface area (Å²) in [4.78, 5) is 12.2. The van der Waals surface area contributed by atoms with Crippen LogP contribution in [-0.4, -0.2) is 34.2 Å². The lowest BCUT2D eigenvalue weighted by Gasteiger charge is -2.23. The van der Waals surface area contributed by atoms with Gasteiger partial charge in [-0.05, 0) is 24.1 Å². The van der Waals surface area contributed by atoms with Gasteiger partial charge in [0.05, 0.1) is 0 Å². The molecule has 1 fully saturated rings. The topological polar surface area (TPSA) is 75.4 Å². The van der Waals surface area contributed by atoms with Crippen LogP contribution in [0.15, 0.2) is 35.1 Å². The Kier molecular flexibility index (Phi) is 4.82. The summed E-state index contributed by atoms with van der Waals surface area (Å²) in [5, 5.41) is 15.3. The highest BCUT2D eigenvalue weighted by atomic mass is 35.5. The van der Waals surface area contributed by atoms with E-state index in [2.05, 4.69) is 15.0 Å². The Balaban J connectivity index is 1.87. The third-order valence-corrected chi connectivity index (χ3v) is 4.96. The van der Waals surface area contributed by atoms with Gasteiger partial charge < -0.3 is 14.9 Å². The monoisotopic (exact) mass is 356 g/mol. The van der Waals surface area contributed by atoms with E-state index < -0.39 is 34.9 Å². The lowest BCUT2D eigenvalue weighted by Crippen LogP contribution is -2.38. The van der Waals surface area contributed by atoms with Crippen molar-refractivity contribution in [2.45, 2.75) is 23.8 Å². The van der Waals surface area contributed by atoms with Crippen LogP contribution in [0, 0.1) is 17.6 Å². The van der Waals surface area contributed by atoms with Crippen LogP contribution in [0.1, 0.15) is 28.4 Å². The van der Waals surface area contributed by atoms with Gasteiger partial charge in [-0.2, -0.15) is 0 Å². The van der Waals surface area contributed by atoms with Gasteiger partial charge >= 0.3 is 0 Å². The fourth-order valence-electron chi connectivity index (χ4n) is 3.15. The Morgan fingerprint density at radius 3 is 2.79 bits per heavy atom. The molecule has 128 valence electrons. The van der Waals surface area contributed by atoms with Crippen LogP contribution in [0.4, 0.5) is 8.78 Å². The Bertz CT molecular complexity index is 726. The van der Waals surface area contributed by atoms with Crippen molar-refractivity contribution in [3.05, 3.63) is 53.4 Å². The number of hydrogen-bond donors (Lipinski definition) is 2. The molecule has 0 bridgehead atoms. The number of aliphatic hydroxyl groups is 1. The summed E-state index contributed by atoms with van der Waals surface area (Å²) in [6.45, 7) is -0.162. The summed E-state index contributed by atoms with van der Waals surface area (Å²) >= 11 is 6.41. The van der Waals surface area contributed by atoms with Crippen molar-refractivity contribution in [3.8, 4) is 0 Å². The minimum Gasteiger partial charge on any atom is -0.396 e. The van der Waals surface area contributed by atoms with Crippen molar-refractivity contribution in [2.75, 3.05) is 6.61 Å². The van der Waals surface area contributed by atoms with E-state index in [1.54, 1.807) is 0 Å². The summed E-state index contributed by atoms with van der Waals surface area (Å²) in [6, 6.07) is 4.51. The SMILES string of the molecule is O=C(N[C@H]1C[C@H](CO)C(Cl)C1c1ccc(F)c(F)c1)c1ccon1. The van der Waals surface area contributed by atoms with Gasteiger partial charge in [0.2, 0.25) is 0 Å². The summed E-state index contributed by atoms with van der Waals surface area (Å²) in [6.07, 6.45) is 1.69. The van der Waals surface area contributed by atoms with E-state index in [0.717, 1.165) is 12.1 Å². The predicted octanol–water partition coefficient (Wildman–Crippen LogP) is 2.45. The second kappa shape index (κ2) is 6.86. The largest absolute Gasteiger partial charge is 0.396 e. The van der Waals surface area contributed by atoms with Crippen molar-refractivity contribution in [3.63, 3.8) is 0 Å². The van der Waals surface area contributed by atoms with Gasteiger partial charge in [0.1, 0.15) is 6.26 Å².